The van der Waals surface area contributed by atoms with E-state index in [2.05, 4.69) is 10.3 Å². The predicted molar refractivity (Wildman–Crippen MR) is 91.2 cm³/mol. The molecular formula is C17H23N3O2S. The normalized spacial score (nSPS) is 19.0. The van der Waals surface area contributed by atoms with Crippen LogP contribution in [-0.4, -0.2) is 48.6 Å². The van der Waals surface area contributed by atoms with Crippen molar-refractivity contribution >= 4 is 22.9 Å². The van der Waals surface area contributed by atoms with Gasteiger partial charge in [-0.15, -0.1) is 11.3 Å². The van der Waals surface area contributed by atoms with Gasteiger partial charge in [-0.1, -0.05) is 19.3 Å². The third-order valence-electron chi connectivity index (χ3n) is 4.43. The fourth-order valence-electron chi connectivity index (χ4n) is 3.11. The summed E-state index contributed by atoms with van der Waals surface area (Å²) < 4.78 is 0. The van der Waals surface area contributed by atoms with Gasteiger partial charge in [-0.2, -0.15) is 0 Å². The van der Waals surface area contributed by atoms with Crippen LogP contribution in [0.4, 0.5) is 0 Å². The second kappa shape index (κ2) is 6.93. The second-order valence-electron chi connectivity index (χ2n) is 6.55. The number of hydrogen-bond acceptors (Lipinski definition) is 6. The van der Waals surface area contributed by atoms with Gasteiger partial charge in [-0.05, 0) is 26.9 Å². The van der Waals surface area contributed by atoms with E-state index in [0.717, 1.165) is 24.4 Å². The number of nitrogens with one attached hydrogen (secondary N) is 1. The molecule has 124 valence electrons. The monoisotopic (exact) mass is 333 g/mol. The van der Waals surface area contributed by atoms with Gasteiger partial charge >= 0.3 is 0 Å². The van der Waals surface area contributed by atoms with E-state index in [-0.39, 0.29) is 11.6 Å². The van der Waals surface area contributed by atoms with Crippen LogP contribution in [0.2, 0.25) is 0 Å². The van der Waals surface area contributed by atoms with Gasteiger partial charge in [0, 0.05) is 25.1 Å². The summed E-state index contributed by atoms with van der Waals surface area (Å²) in [5.41, 5.74) is 0.766. The summed E-state index contributed by atoms with van der Waals surface area (Å²) in [5.74, 6) is 0.188. The van der Waals surface area contributed by atoms with Crippen LogP contribution in [0.15, 0.2) is 11.8 Å². The lowest BCUT2D eigenvalue weighted by molar-refractivity contribution is 0.0978. The molecule has 23 heavy (non-hydrogen) atoms. The first kappa shape index (κ1) is 16.3. The highest BCUT2D eigenvalue weighted by Crippen LogP contribution is 2.37. The average molecular weight is 333 g/mol. The Labute approximate surface area is 140 Å². The molecule has 1 saturated carbocycles. The summed E-state index contributed by atoms with van der Waals surface area (Å²) in [6, 6.07) is 0. The zero-order valence-corrected chi connectivity index (χ0v) is 14.5. The summed E-state index contributed by atoms with van der Waals surface area (Å²) in [4.78, 5) is 32.0. The molecule has 0 saturated heterocycles. The van der Waals surface area contributed by atoms with Crippen molar-refractivity contribution in [2.45, 2.75) is 38.0 Å². The van der Waals surface area contributed by atoms with Crippen molar-refractivity contribution in [1.29, 1.82) is 0 Å². The van der Waals surface area contributed by atoms with Crippen molar-refractivity contribution in [2.75, 3.05) is 27.2 Å². The van der Waals surface area contributed by atoms with Gasteiger partial charge in [-0.25, -0.2) is 4.98 Å². The molecule has 2 aliphatic rings. The van der Waals surface area contributed by atoms with Crippen LogP contribution in [0, 0.1) is 0 Å². The SMILES string of the molecule is CN(C)CCNC1=CC(=O)c2nc(C3CCCCC3)sc2C1=O. The minimum absolute atomic E-state index is 0.0853. The van der Waals surface area contributed by atoms with Crippen LogP contribution < -0.4 is 5.32 Å². The first-order valence-corrected chi connectivity index (χ1v) is 9.08. The zero-order valence-electron chi connectivity index (χ0n) is 13.7. The number of Topliss-reactive ketones (excluding diaryl/α,β-unsaturated/α-hetero) is 1. The molecule has 0 unspecified atom stereocenters. The van der Waals surface area contributed by atoms with E-state index in [0.29, 0.717) is 28.7 Å². The topological polar surface area (TPSA) is 62.3 Å². The van der Waals surface area contributed by atoms with Gasteiger partial charge < -0.3 is 10.2 Å². The number of fused-ring (bicyclic) bond motifs is 1. The summed E-state index contributed by atoms with van der Waals surface area (Å²) >= 11 is 1.42. The number of allylic oxidation sites excluding steroid dienone is 2. The Hall–Kier alpha value is -1.53. The molecule has 5 nitrogen and oxygen atoms in total. The predicted octanol–water partition coefficient (Wildman–Crippen LogP) is 2.60. The van der Waals surface area contributed by atoms with Crippen LogP contribution in [0.1, 0.15) is 63.2 Å². The van der Waals surface area contributed by atoms with Gasteiger partial charge in [0.2, 0.25) is 11.6 Å². The molecule has 0 amide bonds. The van der Waals surface area contributed by atoms with E-state index in [9.17, 15) is 9.59 Å². The molecule has 1 aromatic rings. The Morgan fingerprint density at radius 2 is 2.00 bits per heavy atom. The highest BCUT2D eigenvalue weighted by Gasteiger charge is 2.31. The molecule has 1 aromatic heterocycles. The van der Waals surface area contributed by atoms with Gasteiger partial charge in [-0.3, -0.25) is 9.59 Å². The third kappa shape index (κ3) is 3.53. The van der Waals surface area contributed by atoms with Crippen LogP contribution in [-0.2, 0) is 0 Å². The summed E-state index contributed by atoms with van der Waals surface area (Å²) in [6.45, 7) is 1.45. The van der Waals surface area contributed by atoms with Crippen molar-refractivity contribution in [1.82, 2.24) is 15.2 Å². The van der Waals surface area contributed by atoms with Crippen molar-refractivity contribution in [3.05, 3.63) is 27.4 Å². The standard InChI is InChI=1S/C17H23N3O2S/c1-20(2)9-8-18-12-10-13(21)14-16(15(12)22)23-17(19-14)11-6-4-3-5-7-11/h10-11,18H,3-9H2,1-2H3. The smallest absolute Gasteiger partial charge is 0.221 e. The van der Waals surface area contributed by atoms with Crippen LogP contribution in [0.25, 0.3) is 0 Å². The lowest BCUT2D eigenvalue weighted by Gasteiger charge is -2.18. The highest BCUT2D eigenvalue weighted by molar-refractivity contribution is 7.14. The van der Waals surface area contributed by atoms with E-state index < -0.39 is 0 Å². The molecule has 0 spiro atoms. The van der Waals surface area contributed by atoms with E-state index in [1.165, 1.54) is 36.7 Å². The Morgan fingerprint density at radius 3 is 2.70 bits per heavy atom. The number of rotatable bonds is 5. The number of likely N-dealkylation sites (N-methyl/N-ethyl adjacent to an activating group) is 1. The highest BCUT2D eigenvalue weighted by atomic mass is 32.1. The number of thiazole rings is 1. The number of ketones is 2. The molecule has 0 radical (unpaired) electrons. The molecule has 2 aliphatic carbocycles. The quantitative estimate of drug-likeness (QED) is 0.897. The van der Waals surface area contributed by atoms with E-state index in [4.69, 9.17) is 0 Å². The largest absolute Gasteiger partial charge is 0.380 e. The first-order chi connectivity index (χ1) is 11.1. The maximum absolute atomic E-state index is 12.6. The van der Waals surface area contributed by atoms with E-state index in [1.54, 1.807) is 0 Å². The lowest BCUT2D eigenvalue weighted by atomic mass is 9.90. The van der Waals surface area contributed by atoms with Crippen LogP contribution in [0.5, 0.6) is 0 Å². The molecule has 3 rings (SSSR count). The maximum atomic E-state index is 12.6. The molecule has 6 heteroatoms. The Morgan fingerprint density at radius 1 is 1.26 bits per heavy atom. The molecular weight excluding hydrogens is 310 g/mol. The average Bonchev–Trinajstić information content (AvgIpc) is 2.99. The zero-order chi connectivity index (χ0) is 16.4. The minimum atomic E-state index is -0.148. The number of aromatic nitrogens is 1. The van der Waals surface area contributed by atoms with E-state index in [1.807, 2.05) is 19.0 Å². The van der Waals surface area contributed by atoms with Gasteiger partial charge in [0.05, 0.1) is 10.7 Å². The maximum Gasteiger partial charge on any atom is 0.221 e. The molecule has 1 fully saturated rings. The molecule has 0 aromatic carbocycles. The number of hydrogen-bond donors (Lipinski definition) is 1. The first-order valence-electron chi connectivity index (χ1n) is 8.26. The molecule has 0 atom stereocenters. The van der Waals surface area contributed by atoms with Gasteiger partial charge in [0.25, 0.3) is 0 Å². The number of nitrogens with zero attached hydrogens (tertiary/aromatic N) is 2. The fourth-order valence-corrected chi connectivity index (χ4v) is 4.31. The summed E-state index contributed by atoms with van der Waals surface area (Å²) in [7, 11) is 3.95. The van der Waals surface area contributed by atoms with Crippen molar-refractivity contribution in [2.24, 2.45) is 0 Å². The van der Waals surface area contributed by atoms with Crippen LogP contribution in [0.3, 0.4) is 0 Å². The van der Waals surface area contributed by atoms with Gasteiger partial charge in [0.15, 0.2) is 0 Å². The lowest BCUT2D eigenvalue weighted by Crippen LogP contribution is -2.31. The Kier molecular flexibility index (Phi) is 4.92. The van der Waals surface area contributed by atoms with Gasteiger partial charge in [0.1, 0.15) is 10.6 Å². The summed E-state index contributed by atoms with van der Waals surface area (Å²) in [5, 5.41) is 4.06. The minimum Gasteiger partial charge on any atom is -0.380 e. The molecule has 0 aliphatic heterocycles. The molecule has 1 N–H and O–H groups in total. The Balaban J connectivity index is 1.76. The second-order valence-corrected chi connectivity index (χ2v) is 7.58. The third-order valence-corrected chi connectivity index (χ3v) is 5.65. The van der Waals surface area contributed by atoms with Crippen LogP contribution >= 0.6 is 11.3 Å². The Bertz CT molecular complexity index is 642. The number of carbonyl (C=O) groups is 2. The molecule has 0 bridgehead atoms. The fraction of sp³-hybridized carbons (Fsp3) is 0.588. The van der Waals surface area contributed by atoms with Crippen molar-refractivity contribution < 1.29 is 9.59 Å². The summed E-state index contributed by atoms with van der Waals surface area (Å²) in [6.07, 6.45) is 7.36. The van der Waals surface area contributed by atoms with Crippen molar-refractivity contribution in [3.63, 3.8) is 0 Å². The molecule has 1 heterocycles. The number of carbonyl (C=O) groups excluding carboxylic acids is 2. The van der Waals surface area contributed by atoms with Crippen molar-refractivity contribution in [3.8, 4) is 0 Å². The van der Waals surface area contributed by atoms with E-state index >= 15 is 0 Å².